The Morgan fingerprint density at radius 2 is 0.701 bits per heavy atom. The average Bonchev–Trinajstić information content (AvgIpc) is 1.56. The number of aromatic hydroxyl groups is 1. The van der Waals surface area contributed by atoms with Crippen LogP contribution >= 0.6 is 0 Å². The molecule has 0 radical (unpaired) electrons. The first kappa shape index (κ1) is 142. The van der Waals surface area contributed by atoms with Gasteiger partial charge in [0, 0.05) is 175 Å². The summed E-state index contributed by atoms with van der Waals surface area (Å²) in [7, 11) is 5.96. The Morgan fingerprint density at radius 3 is 1.07 bits per heavy atom. The van der Waals surface area contributed by atoms with Gasteiger partial charge in [-0.3, -0.25) is 4.90 Å². The number of nitrogens with one attached hydrogen (secondary N) is 13. The van der Waals surface area contributed by atoms with Gasteiger partial charge >= 0.3 is 0 Å². The molecule has 0 bridgehead atoms. The molecule has 0 atom stereocenters. The van der Waals surface area contributed by atoms with Crippen LogP contribution in [0.4, 0.5) is 4.39 Å². The molecule has 3 aromatic carbocycles. The largest absolute Gasteiger partial charge is 0.508 e. The predicted molar refractivity (Wildman–Crippen MR) is 633 cm³/mol. The van der Waals surface area contributed by atoms with Gasteiger partial charge in [0.25, 0.3) is 0 Å². The summed E-state index contributed by atoms with van der Waals surface area (Å²) in [5.74, 6) is 5.13. The minimum atomic E-state index is -0.178. The van der Waals surface area contributed by atoms with Crippen molar-refractivity contribution in [2.75, 3.05) is 158 Å². The normalized spacial score (nSPS) is 15.9. The van der Waals surface area contributed by atoms with E-state index in [1.165, 1.54) is 223 Å². The van der Waals surface area contributed by atoms with Crippen LogP contribution in [0.5, 0.6) is 11.5 Å². The molecule has 2 aliphatic heterocycles. The van der Waals surface area contributed by atoms with Crippen LogP contribution < -0.4 is 73.9 Å². The molecule has 7 aliphatic rings. The maximum atomic E-state index is 12.5. The lowest BCUT2D eigenvalue weighted by molar-refractivity contribution is 0.0382. The topological polar surface area (TPSA) is 213 Å². The molecule has 144 heavy (non-hydrogen) atoms. The van der Waals surface area contributed by atoms with Crippen molar-refractivity contribution in [3.8, 4) is 11.5 Å². The number of likely N-dealkylation sites (tertiary alicyclic amines) is 1. The standard InChI is InChI=1S/C12H19NO.C11H17NO.C10H14FN.2C10H21N.C9H20N2O.C9H20N2.C9H16N2.2C9H22N2.C9H19N.C8H17N.C7H15N/c1-10(2)13-9-8-11-4-6-12(14-3)7-5-11;1-9(2)12-8-7-10-3-5-11(13)6-4-10;1-8(2)12-7-9-3-5-10(11)6-4-9;1-9(2)11-8-7-10-5-3-4-6-10;1-9(2)11-8-10-6-4-3-5-7-10;1-9(2)10-3-4-11-5-7-12-8-6-11;1-8(2)10-9-4-6-11(3)7-5-9;1-8(2)10-7-9-5-4-6-11(9)3;2*1-5-11(6-2)8-7-10-9(3)4;1-8(2)10-9-6-4-3-5-7-9;1-7(2)9-6-8-4-3-5-8;1-6(2)8-5-7-3-4-7/h4-7,10,13H,8-9H2,1-3H3;3-6,9,12-13H,7-8H2,1-2H3;3-6,8,12H,7H2,1-2H3;2*9-11H,3-8H2,1-2H3;9-10H,3-8H2,1-2H3;8-10H,4-7H2,1-3H3;4-6,8,10H,7H2,1-3H3;2*9-10H,5-8H2,1-4H3;8-10H,3-7H2,1-2H3;7-9H,3-6H2,1-2H3;6-8H,3-5H2,1-2H3. The van der Waals surface area contributed by atoms with Gasteiger partial charge in [0.15, 0.2) is 0 Å². The van der Waals surface area contributed by atoms with Gasteiger partial charge in [-0.05, 0) is 258 Å². The number of hydrogen-bond donors (Lipinski definition) is 14. The van der Waals surface area contributed by atoms with E-state index in [2.05, 4.69) is 346 Å². The molecule has 2 saturated heterocycles. The minimum Gasteiger partial charge on any atom is -0.508 e. The molecule has 4 aromatic rings. The Bertz CT molecular complexity index is 3240. The first-order valence-electron chi connectivity index (χ1n) is 58.9. The third-order valence-electron chi connectivity index (χ3n) is 26.4. The lowest BCUT2D eigenvalue weighted by Crippen LogP contribution is -2.43. The molecule has 21 nitrogen and oxygen atoms in total. The van der Waals surface area contributed by atoms with Gasteiger partial charge in [-0.1, -0.05) is 315 Å². The second-order valence-corrected chi connectivity index (χ2v) is 45.4. The highest BCUT2D eigenvalue weighted by atomic mass is 19.1. The van der Waals surface area contributed by atoms with Crippen molar-refractivity contribution in [3.05, 3.63) is 119 Å². The number of aromatic nitrogens is 1. The summed E-state index contributed by atoms with van der Waals surface area (Å²) in [4.78, 5) is 9.70. The summed E-state index contributed by atoms with van der Waals surface area (Å²) in [6.07, 6.45) is 35.8. The number of morpholine rings is 1. The van der Waals surface area contributed by atoms with Gasteiger partial charge in [0.2, 0.25) is 0 Å². The number of likely N-dealkylation sites (N-methyl/N-ethyl adjacent to an activating group) is 2. The van der Waals surface area contributed by atoms with Crippen LogP contribution in [0.25, 0.3) is 0 Å². The van der Waals surface area contributed by atoms with Gasteiger partial charge in [0.1, 0.15) is 17.3 Å². The summed E-state index contributed by atoms with van der Waals surface area (Å²) >= 11 is 0. The fourth-order valence-electron chi connectivity index (χ4n) is 16.7. The van der Waals surface area contributed by atoms with E-state index >= 15 is 0 Å². The highest BCUT2D eigenvalue weighted by Crippen LogP contribution is 2.29. The van der Waals surface area contributed by atoms with Crippen molar-refractivity contribution < 1.29 is 19.0 Å². The number of aryl methyl sites for hydroxylation is 1. The zero-order chi connectivity index (χ0) is 108. The molecule has 5 aliphatic carbocycles. The van der Waals surface area contributed by atoms with Crippen molar-refractivity contribution in [1.29, 1.82) is 0 Å². The molecule has 22 heteroatoms. The van der Waals surface area contributed by atoms with Crippen LogP contribution in [0.15, 0.2) is 91.1 Å². The maximum absolute atomic E-state index is 12.5. The number of piperidine rings is 1. The zero-order valence-electron chi connectivity index (χ0n) is 100. The SMILES string of the molecule is CC(C)NC1CCCCC1.CC(C)NC1CCN(C)CC1.CC(C)NCC1CC1.CC(C)NCC1CCC1.CC(C)NCC1CCCCC1.CC(C)NCCC1CCCC1.CC(C)NCCN1CCOCC1.CC(C)NCCc1ccc(O)cc1.CC(C)NCc1ccc(F)cc1.CC(C)NCc1cccn1C.CCN(CC)CCNC(C)C.CCN(CC)CCNC(C)C.COc1ccc(CCNC(C)C)cc1. The molecule has 0 spiro atoms. The van der Waals surface area contributed by atoms with E-state index < -0.39 is 0 Å². The fourth-order valence-corrected chi connectivity index (χ4v) is 16.7. The van der Waals surface area contributed by atoms with Gasteiger partial charge in [0.05, 0.1) is 20.3 Å². The molecule has 3 heterocycles. The molecule has 5 saturated carbocycles. The molecule has 7 fully saturated rings. The average molecular weight is 2030 g/mol. The lowest BCUT2D eigenvalue weighted by atomic mass is 9.85. The third kappa shape index (κ3) is 94.9. The Kier molecular flexibility index (Phi) is 93.2. The number of ether oxygens (including phenoxy) is 2. The van der Waals surface area contributed by atoms with Crippen molar-refractivity contribution in [1.82, 2.24) is 93.3 Å². The number of halogens is 1. The Morgan fingerprint density at radius 1 is 0.354 bits per heavy atom. The van der Waals surface area contributed by atoms with E-state index in [9.17, 15) is 4.39 Å². The molecule has 1 aromatic heterocycles. The lowest BCUT2D eigenvalue weighted by Gasteiger charge is -2.30. The monoisotopic (exact) mass is 2030 g/mol. The zero-order valence-corrected chi connectivity index (χ0v) is 100. The van der Waals surface area contributed by atoms with Crippen LogP contribution in [-0.4, -0.2) is 278 Å². The number of phenols is 1. The van der Waals surface area contributed by atoms with Gasteiger partial charge in [-0.15, -0.1) is 0 Å². The Labute approximate surface area is 892 Å². The first-order chi connectivity index (χ1) is 68.6. The molecular weight excluding hydrogens is 1780 g/mol. The van der Waals surface area contributed by atoms with E-state index in [1.54, 1.807) is 31.4 Å². The summed E-state index contributed by atoms with van der Waals surface area (Å²) < 4.78 is 25.0. The maximum Gasteiger partial charge on any atom is 0.123 e. The van der Waals surface area contributed by atoms with Gasteiger partial charge < -0.3 is 103 Å². The fraction of sp³-hybridized carbons (Fsp3) is 0.820. The molecule has 0 unspecified atom stereocenters. The second-order valence-electron chi connectivity index (χ2n) is 45.4. The highest BCUT2D eigenvalue weighted by Gasteiger charge is 2.22. The number of hydrogen-bond acceptors (Lipinski definition) is 20. The summed E-state index contributed by atoms with van der Waals surface area (Å²) in [5.41, 5.74) is 5.05. The van der Waals surface area contributed by atoms with E-state index in [1.807, 2.05) is 24.3 Å². The number of phenolic OH excluding ortho intramolecular Hbond substituents is 1. The summed E-state index contributed by atoms with van der Waals surface area (Å²) in [6, 6.07) is 35.9. The summed E-state index contributed by atoms with van der Waals surface area (Å²) in [6.45, 7) is 92.3. The molecule has 846 valence electrons. The Hall–Kier alpha value is -4.25. The first-order valence-corrected chi connectivity index (χ1v) is 58.9. The smallest absolute Gasteiger partial charge is 0.123 e. The highest BCUT2D eigenvalue weighted by molar-refractivity contribution is 5.28. The second kappa shape index (κ2) is 94.7. The van der Waals surface area contributed by atoms with Crippen molar-refractivity contribution in [3.63, 3.8) is 0 Å². The Balaban J connectivity index is 0. The van der Waals surface area contributed by atoms with E-state index in [0.717, 1.165) is 165 Å². The number of methoxy groups -OCH3 is 1. The van der Waals surface area contributed by atoms with Gasteiger partial charge in [-0.25, -0.2) is 4.39 Å². The van der Waals surface area contributed by atoms with Crippen LogP contribution in [0.3, 0.4) is 0 Å². The third-order valence-corrected chi connectivity index (χ3v) is 26.4. The van der Waals surface area contributed by atoms with Crippen molar-refractivity contribution in [2.24, 2.45) is 30.7 Å². The van der Waals surface area contributed by atoms with E-state index in [0.29, 0.717) is 84.3 Å². The quantitative estimate of drug-likeness (QED) is 0.0198. The van der Waals surface area contributed by atoms with Gasteiger partial charge in [-0.2, -0.15) is 0 Å². The van der Waals surface area contributed by atoms with Crippen LogP contribution in [-0.2, 0) is 37.7 Å². The van der Waals surface area contributed by atoms with Crippen LogP contribution in [0.2, 0.25) is 0 Å². The van der Waals surface area contributed by atoms with Crippen molar-refractivity contribution in [2.45, 2.75) is 466 Å². The van der Waals surface area contributed by atoms with E-state index in [-0.39, 0.29) is 5.82 Å². The number of nitrogens with zero attached hydrogens (tertiary/aromatic N) is 5. The van der Waals surface area contributed by atoms with Crippen molar-refractivity contribution >= 4 is 0 Å². The van der Waals surface area contributed by atoms with Crippen LogP contribution in [0, 0.1) is 29.5 Å². The molecule has 11 rings (SSSR count). The number of benzene rings is 3. The van der Waals surface area contributed by atoms with E-state index in [4.69, 9.17) is 14.6 Å². The summed E-state index contributed by atoms with van der Waals surface area (Å²) in [5, 5.41) is 53.6. The minimum absolute atomic E-state index is 0.178. The molecular formula is C122H243FN18O3. The number of rotatable bonds is 48. The molecule has 14 N–H and O–H groups in total. The van der Waals surface area contributed by atoms with Crippen LogP contribution in [0.1, 0.15) is 371 Å². The predicted octanol–water partition coefficient (Wildman–Crippen LogP) is 22.7. The molecule has 0 amide bonds.